The highest BCUT2D eigenvalue weighted by Crippen LogP contribution is 2.15. The van der Waals surface area contributed by atoms with Crippen molar-refractivity contribution in [3.8, 4) is 6.07 Å². The first kappa shape index (κ1) is 17.8. The summed E-state index contributed by atoms with van der Waals surface area (Å²) in [6, 6.07) is 2.09. The molecule has 120 valence electrons. The lowest BCUT2D eigenvalue weighted by Crippen LogP contribution is -2.49. The van der Waals surface area contributed by atoms with E-state index in [-0.39, 0.29) is 6.09 Å². The molecular formula is C16H24N4O2. The van der Waals surface area contributed by atoms with Gasteiger partial charge in [-0.2, -0.15) is 5.26 Å². The molecule has 0 aromatic carbocycles. The van der Waals surface area contributed by atoms with Crippen molar-refractivity contribution in [3.63, 3.8) is 0 Å². The predicted molar refractivity (Wildman–Crippen MR) is 86.4 cm³/mol. The van der Waals surface area contributed by atoms with E-state index in [2.05, 4.69) is 17.8 Å². The monoisotopic (exact) mass is 304 g/mol. The Labute approximate surface area is 132 Å². The number of amides is 1. The molecule has 1 saturated heterocycles. The summed E-state index contributed by atoms with van der Waals surface area (Å²) < 4.78 is 5.36. The van der Waals surface area contributed by atoms with E-state index < -0.39 is 5.60 Å². The van der Waals surface area contributed by atoms with E-state index in [4.69, 9.17) is 10.00 Å². The van der Waals surface area contributed by atoms with Crippen LogP contribution in [0.5, 0.6) is 0 Å². The number of carbonyl (C=O) groups is 1. The summed E-state index contributed by atoms with van der Waals surface area (Å²) in [5.74, 6) is 0.651. The summed E-state index contributed by atoms with van der Waals surface area (Å²) in [5, 5.41) is 8.98. The molecule has 0 atom stereocenters. The van der Waals surface area contributed by atoms with Crippen LogP contribution in [0.1, 0.15) is 27.7 Å². The number of allylic oxidation sites excluding steroid dienone is 3. The first-order valence-electron chi connectivity index (χ1n) is 7.28. The van der Waals surface area contributed by atoms with Crippen LogP contribution in [0.4, 0.5) is 4.79 Å². The molecule has 1 amide bonds. The highest BCUT2D eigenvalue weighted by Gasteiger charge is 2.26. The zero-order valence-electron chi connectivity index (χ0n) is 13.8. The highest BCUT2D eigenvalue weighted by molar-refractivity contribution is 5.68. The Balaban J connectivity index is 2.66. The molecule has 6 heteroatoms. The van der Waals surface area contributed by atoms with Gasteiger partial charge >= 0.3 is 6.09 Å². The number of hydrogen-bond acceptors (Lipinski definition) is 5. The maximum Gasteiger partial charge on any atom is 0.410 e. The molecule has 1 heterocycles. The number of ether oxygens (including phenoxy) is 1. The van der Waals surface area contributed by atoms with Crippen molar-refractivity contribution in [3.05, 3.63) is 23.5 Å². The van der Waals surface area contributed by atoms with Crippen LogP contribution in [0.3, 0.4) is 0 Å². The van der Waals surface area contributed by atoms with Gasteiger partial charge in [-0.3, -0.25) is 0 Å². The van der Waals surface area contributed by atoms with E-state index in [9.17, 15) is 4.79 Å². The molecule has 1 fully saturated rings. The average molecular weight is 304 g/mol. The predicted octanol–water partition coefficient (Wildman–Crippen LogP) is 2.55. The fraction of sp³-hybridized carbons (Fsp3) is 0.562. The summed E-state index contributed by atoms with van der Waals surface area (Å²) in [4.78, 5) is 19.7. The number of hydrogen-bond donors (Lipinski definition) is 0. The molecule has 0 radical (unpaired) electrons. The average Bonchev–Trinajstić information content (AvgIpc) is 2.47. The molecule has 0 unspecified atom stereocenters. The van der Waals surface area contributed by atoms with Crippen LogP contribution in [0, 0.1) is 11.3 Å². The van der Waals surface area contributed by atoms with Gasteiger partial charge in [0.2, 0.25) is 0 Å². The molecule has 0 spiro atoms. The summed E-state index contributed by atoms with van der Waals surface area (Å²) in [5.41, 5.74) is 0.0484. The Hall–Kier alpha value is -2.29. The summed E-state index contributed by atoms with van der Waals surface area (Å²) in [7, 11) is 0. The minimum Gasteiger partial charge on any atom is -0.444 e. The molecule has 0 aromatic heterocycles. The maximum absolute atomic E-state index is 12.0. The third-order valence-corrected chi connectivity index (χ3v) is 3.14. The van der Waals surface area contributed by atoms with Crippen molar-refractivity contribution in [2.45, 2.75) is 33.3 Å². The molecule has 0 N–H and O–H groups in total. The number of carbonyl (C=O) groups excluding carboxylic acids is 1. The molecule has 0 bridgehead atoms. The van der Waals surface area contributed by atoms with Crippen molar-refractivity contribution >= 4 is 12.8 Å². The molecular weight excluding hydrogens is 280 g/mol. The Morgan fingerprint density at radius 1 is 1.27 bits per heavy atom. The second kappa shape index (κ2) is 7.64. The zero-order valence-corrected chi connectivity index (χ0v) is 13.8. The van der Waals surface area contributed by atoms with E-state index in [1.165, 1.54) is 0 Å². The van der Waals surface area contributed by atoms with Gasteiger partial charge in [-0.15, -0.1) is 0 Å². The van der Waals surface area contributed by atoms with Gasteiger partial charge in [-0.25, -0.2) is 9.79 Å². The first-order chi connectivity index (χ1) is 10.3. The quantitative estimate of drug-likeness (QED) is 0.456. The van der Waals surface area contributed by atoms with E-state index in [0.717, 1.165) is 0 Å². The second-order valence-corrected chi connectivity index (χ2v) is 5.97. The zero-order chi connectivity index (χ0) is 16.8. The number of rotatable bonds is 3. The number of piperazine rings is 1. The smallest absolute Gasteiger partial charge is 0.410 e. The van der Waals surface area contributed by atoms with Crippen molar-refractivity contribution in [2.24, 2.45) is 4.99 Å². The molecule has 22 heavy (non-hydrogen) atoms. The van der Waals surface area contributed by atoms with Gasteiger partial charge < -0.3 is 14.5 Å². The summed E-state index contributed by atoms with van der Waals surface area (Å²) >= 11 is 0. The molecule has 0 aliphatic carbocycles. The normalized spacial score (nSPS) is 17.0. The van der Waals surface area contributed by atoms with Crippen LogP contribution >= 0.6 is 0 Å². The van der Waals surface area contributed by atoms with Crippen molar-refractivity contribution in [2.75, 3.05) is 26.2 Å². The van der Waals surface area contributed by atoms with Crippen LogP contribution < -0.4 is 0 Å². The minimum atomic E-state index is -0.491. The van der Waals surface area contributed by atoms with Crippen LogP contribution in [0.25, 0.3) is 0 Å². The lowest BCUT2D eigenvalue weighted by Gasteiger charge is -2.36. The Bertz CT molecular complexity index is 515. The van der Waals surface area contributed by atoms with Crippen LogP contribution in [0.2, 0.25) is 0 Å². The van der Waals surface area contributed by atoms with Gasteiger partial charge in [0.25, 0.3) is 0 Å². The van der Waals surface area contributed by atoms with Gasteiger partial charge in [0.05, 0.1) is 11.6 Å². The largest absolute Gasteiger partial charge is 0.444 e. The molecule has 6 nitrogen and oxygen atoms in total. The SMILES string of the molecule is C=N/C(=C\C(C#N)=C/C)N1CCN(C(=O)OC(C)(C)C)CC1. The van der Waals surface area contributed by atoms with Crippen LogP contribution in [-0.2, 0) is 4.74 Å². The Kier molecular flexibility index (Phi) is 6.17. The molecule has 1 aliphatic rings. The Morgan fingerprint density at radius 3 is 2.23 bits per heavy atom. The molecule has 1 rings (SSSR count). The second-order valence-electron chi connectivity index (χ2n) is 5.97. The Morgan fingerprint density at radius 2 is 1.82 bits per heavy atom. The first-order valence-corrected chi connectivity index (χ1v) is 7.28. The minimum absolute atomic E-state index is 0.296. The summed E-state index contributed by atoms with van der Waals surface area (Å²) in [6.45, 7) is 13.3. The van der Waals surface area contributed by atoms with Crippen LogP contribution in [0.15, 0.2) is 28.5 Å². The van der Waals surface area contributed by atoms with Crippen molar-refractivity contribution in [1.29, 1.82) is 5.26 Å². The number of nitrogens with zero attached hydrogens (tertiary/aromatic N) is 4. The van der Waals surface area contributed by atoms with Crippen molar-refractivity contribution in [1.82, 2.24) is 9.80 Å². The third-order valence-electron chi connectivity index (χ3n) is 3.14. The van der Waals surface area contributed by atoms with Gasteiger partial charge in [0.15, 0.2) is 0 Å². The molecule has 0 aromatic rings. The number of aliphatic imine (C=N–C) groups is 1. The maximum atomic E-state index is 12.0. The van der Waals surface area contributed by atoms with Crippen molar-refractivity contribution < 1.29 is 9.53 Å². The topological polar surface area (TPSA) is 68.9 Å². The third kappa shape index (κ3) is 5.24. The van der Waals surface area contributed by atoms with E-state index >= 15 is 0 Å². The van der Waals surface area contributed by atoms with E-state index in [1.54, 1.807) is 24.0 Å². The lowest BCUT2D eigenvalue weighted by atomic mass is 10.2. The lowest BCUT2D eigenvalue weighted by molar-refractivity contribution is 0.0168. The van der Waals surface area contributed by atoms with Gasteiger partial charge in [-0.05, 0) is 40.5 Å². The molecule has 0 saturated carbocycles. The summed E-state index contributed by atoms with van der Waals surface area (Å²) in [6.07, 6.45) is 3.13. The molecule has 1 aliphatic heterocycles. The standard InChI is InChI=1S/C16H24N4O2/c1-6-13(12-17)11-14(18-5)19-7-9-20(10-8-19)15(21)22-16(2,3)4/h6,11H,5,7-10H2,1-4H3/b13-6+,14-11+. The fourth-order valence-electron chi connectivity index (χ4n) is 2.00. The fourth-order valence-corrected chi connectivity index (χ4v) is 2.00. The van der Waals surface area contributed by atoms with E-state index in [1.807, 2.05) is 25.7 Å². The van der Waals surface area contributed by atoms with Gasteiger partial charge in [-0.1, -0.05) is 6.08 Å². The van der Waals surface area contributed by atoms with E-state index in [0.29, 0.717) is 37.6 Å². The van der Waals surface area contributed by atoms with Crippen LogP contribution in [-0.4, -0.2) is 54.4 Å². The number of nitriles is 1. The van der Waals surface area contributed by atoms with Gasteiger partial charge in [0, 0.05) is 26.2 Å². The highest BCUT2D eigenvalue weighted by atomic mass is 16.6. The van der Waals surface area contributed by atoms with Gasteiger partial charge in [0.1, 0.15) is 11.4 Å².